The van der Waals surface area contributed by atoms with Gasteiger partial charge in [-0.2, -0.15) is 0 Å². The maximum Gasteiger partial charge on any atom is 0.244 e. The van der Waals surface area contributed by atoms with Gasteiger partial charge in [0.15, 0.2) is 0 Å². The lowest BCUT2D eigenvalue weighted by molar-refractivity contribution is -0.140. The third-order valence-electron chi connectivity index (χ3n) is 6.47. The number of amides is 2. The summed E-state index contributed by atoms with van der Waals surface area (Å²) in [6, 6.07) is 20.2. The molecule has 0 aliphatic carbocycles. The number of nitrogens with zero attached hydrogens (tertiary/aromatic N) is 2. The predicted octanol–water partition coefficient (Wildman–Crippen LogP) is 5.32. The molecule has 41 heavy (non-hydrogen) atoms. The summed E-state index contributed by atoms with van der Waals surface area (Å²) in [5.74, 6) is -0.323. The molecule has 0 bridgehead atoms. The number of rotatable bonds is 14. The average Bonchev–Trinajstić information content (AvgIpc) is 2.95. The first-order valence-corrected chi connectivity index (χ1v) is 15.8. The number of carbonyl (C=O) groups excluding carboxylic acids is 2. The lowest BCUT2D eigenvalue weighted by Crippen LogP contribution is -2.53. The number of halogens is 2. The van der Waals surface area contributed by atoms with Crippen molar-refractivity contribution in [3.05, 3.63) is 94.0 Å². The molecular weight excluding hydrogens is 585 g/mol. The van der Waals surface area contributed by atoms with Crippen molar-refractivity contribution in [2.45, 2.75) is 38.8 Å². The summed E-state index contributed by atoms with van der Waals surface area (Å²) in [4.78, 5) is 29.2. The summed E-state index contributed by atoms with van der Waals surface area (Å²) >= 11 is 12.5. The number of unbranched alkanes of at least 4 members (excludes halogenated alkanes) is 1. The number of methoxy groups -OCH3 is 1. The summed E-state index contributed by atoms with van der Waals surface area (Å²) in [5, 5.41) is 3.10. The number of nitrogens with one attached hydrogen (secondary N) is 1. The lowest BCUT2D eigenvalue weighted by atomic mass is 10.0. The Morgan fingerprint density at radius 3 is 2.32 bits per heavy atom. The van der Waals surface area contributed by atoms with Crippen LogP contribution in [0.4, 0.5) is 5.69 Å². The molecule has 8 nitrogen and oxygen atoms in total. The van der Waals surface area contributed by atoms with E-state index in [9.17, 15) is 18.0 Å². The van der Waals surface area contributed by atoms with Gasteiger partial charge in [0.2, 0.25) is 21.8 Å². The molecule has 0 fully saturated rings. The van der Waals surface area contributed by atoms with Crippen LogP contribution in [0.2, 0.25) is 10.0 Å². The van der Waals surface area contributed by atoms with Gasteiger partial charge in [-0.15, -0.1) is 0 Å². The van der Waals surface area contributed by atoms with E-state index in [1.54, 1.807) is 31.4 Å². The maximum absolute atomic E-state index is 14.1. The zero-order valence-electron chi connectivity index (χ0n) is 23.3. The highest BCUT2D eigenvalue weighted by Crippen LogP contribution is 2.34. The minimum Gasteiger partial charge on any atom is -0.497 e. The Morgan fingerprint density at radius 2 is 1.66 bits per heavy atom. The SMILES string of the molecule is CCCCNC(=O)C(Cc1ccccc1)N(Cc1cccc(OC)c1)C(=O)CN(c1cccc(Cl)c1Cl)S(C)(=O)=O. The highest BCUT2D eigenvalue weighted by Gasteiger charge is 2.33. The zero-order chi connectivity index (χ0) is 30.0. The van der Waals surface area contributed by atoms with Gasteiger partial charge in [-0.3, -0.25) is 13.9 Å². The van der Waals surface area contributed by atoms with E-state index in [0.717, 1.165) is 29.0 Å². The van der Waals surface area contributed by atoms with Crippen molar-refractivity contribution in [2.75, 3.05) is 30.8 Å². The number of sulfonamides is 1. The minimum atomic E-state index is -3.97. The normalized spacial score (nSPS) is 11.9. The number of anilines is 1. The quantitative estimate of drug-likeness (QED) is 0.246. The van der Waals surface area contributed by atoms with Gasteiger partial charge < -0.3 is 15.0 Å². The Hall–Kier alpha value is -3.27. The van der Waals surface area contributed by atoms with Gasteiger partial charge in [0.05, 0.1) is 29.1 Å². The Labute approximate surface area is 252 Å². The van der Waals surface area contributed by atoms with Gasteiger partial charge in [-0.05, 0) is 41.8 Å². The van der Waals surface area contributed by atoms with Crippen LogP contribution in [0.5, 0.6) is 5.75 Å². The van der Waals surface area contributed by atoms with E-state index < -0.39 is 28.5 Å². The minimum absolute atomic E-state index is 0.00452. The number of carbonyl (C=O) groups is 2. The first-order chi connectivity index (χ1) is 19.5. The molecule has 0 heterocycles. The monoisotopic (exact) mass is 619 g/mol. The van der Waals surface area contributed by atoms with Crippen molar-refractivity contribution < 1.29 is 22.7 Å². The van der Waals surface area contributed by atoms with Crippen LogP contribution in [0.15, 0.2) is 72.8 Å². The molecule has 0 radical (unpaired) electrons. The van der Waals surface area contributed by atoms with Gasteiger partial charge >= 0.3 is 0 Å². The molecule has 2 amide bonds. The first kappa shape index (κ1) is 32.2. The van der Waals surface area contributed by atoms with Crippen LogP contribution in [0, 0.1) is 0 Å². The highest BCUT2D eigenvalue weighted by atomic mass is 35.5. The Balaban J connectivity index is 2.07. The van der Waals surface area contributed by atoms with Crippen molar-refractivity contribution in [3.8, 4) is 5.75 Å². The fraction of sp³-hybridized carbons (Fsp3) is 0.333. The molecule has 11 heteroatoms. The van der Waals surface area contributed by atoms with Crippen molar-refractivity contribution in [3.63, 3.8) is 0 Å². The fourth-order valence-corrected chi connectivity index (χ4v) is 5.61. The Kier molecular flexibility index (Phi) is 11.9. The molecule has 3 aromatic rings. The van der Waals surface area contributed by atoms with Gasteiger partial charge in [0.25, 0.3) is 0 Å². The largest absolute Gasteiger partial charge is 0.497 e. The van der Waals surface area contributed by atoms with Crippen molar-refractivity contribution in [1.29, 1.82) is 0 Å². The van der Waals surface area contributed by atoms with Crippen LogP contribution in [0.1, 0.15) is 30.9 Å². The molecule has 0 saturated carbocycles. The molecule has 3 rings (SSSR count). The van der Waals surface area contributed by atoms with E-state index in [1.165, 1.54) is 17.0 Å². The molecule has 1 unspecified atom stereocenters. The van der Waals surface area contributed by atoms with E-state index in [1.807, 2.05) is 43.3 Å². The van der Waals surface area contributed by atoms with Crippen molar-refractivity contribution in [2.24, 2.45) is 0 Å². The number of ether oxygens (including phenoxy) is 1. The molecule has 220 valence electrons. The van der Waals surface area contributed by atoms with E-state index >= 15 is 0 Å². The maximum atomic E-state index is 14.1. The number of benzene rings is 3. The van der Waals surface area contributed by atoms with Gasteiger partial charge in [-0.1, -0.05) is 85.1 Å². The topological polar surface area (TPSA) is 96.0 Å². The average molecular weight is 621 g/mol. The second-order valence-electron chi connectivity index (χ2n) is 9.57. The standard InChI is InChI=1S/C30H35Cl2N3O5S/c1-4-5-17-33-30(37)27(19-22-11-7-6-8-12-22)34(20-23-13-9-14-24(18-23)40-2)28(36)21-35(41(3,38)39)26-16-10-15-25(31)29(26)32/h6-16,18,27H,4-5,17,19-21H2,1-3H3,(H,33,37). The molecule has 0 aliphatic rings. The Bertz CT molecular complexity index is 1440. The van der Waals surface area contributed by atoms with E-state index in [-0.39, 0.29) is 34.6 Å². The summed E-state index contributed by atoms with van der Waals surface area (Å²) in [6.07, 6.45) is 2.89. The summed E-state index contributed by atoms with van der Waals surface area (Å²) in [7, 11) is -2.43. The summed E-state index contributed by atoms with van der Waals surface area (Å²) in [5.41, 5.74) is 1.64. The van der Waals surface area contributed by atoms with E-state index in [2.05, 4.69) is 5.32 Å². The van der Waals surface area contributed by atoms with E-state index in [0.29, 0.717) is 17.9 Å². The molecule has 1 N–H and O–H groups in total. The van der Waals surface area contributed by atoms with Crippen LogP contribution < -0.4 is 14.4 Å². The molecule has 1 atom stereocenters. The lowest BCUT2D eigenvalue weighted by Gasteiger charge is -2.33. The molecule has 3 aromatic carbocycles. The second kappa shape index (κ2) is 15.1. The van der Waals surface area contributed by atoms with Crippen LogP contribution >= 0.6 is 23.2 Å². The van der Waals surface area contributed by atoms with Gasteiger partial charge in [0, 0.05) is 19.5 Å². The van der Waals surface area contributed by atoms with Crippen molar-refractivity contribution in [1.82, 2.24) is 10.2 Å². The fourth-order valence-electron chi connectivity index (χ4n) is 4.31. The third kappa shape index (κ3) is 9.11. The van der Waals surface area contributed by atoms with Gasteiger partial charge in [0.1, 0.15) is 18.3 Å². The molecule has 0 aromatic heterocycles. The van der Waals surface area contributed by atoms with Crippen LogP contribution in [-0.4, -0.2) is 57.6 Å². The van der Waals surface area contributed by atoms with E-state index in [4.69, 9.17) is 27.9 Å². The van der Waals surface area contributed by atoms with Crippen LogP contribution in [0.25, 0.3) is 0 Å². The van der Waals surface area contributed by atoms with Crippen LogP contribution in [0.3, 0.4) is 0 Å². The molecule has 0 aliphatic heterocycles. The van der Waals surface area contributed by atoms with Gasteiger partial charge in [-0.25, -0.2) is 8.42 Å². The predicted molar refractivity (Wildman–Crippen MR) is 164 cm³/mol. The smallest absolute Gasteiger partial charge is 0.244 e. The first-order valence-electron chi connectivity index (χ1n) is 13.2. The third-order valence-corrected chi connectivity index (χ3v) is 8.40. The summed E-state index contributed by atoms with van der Waals surface area (Å²) < 4.78 is 32.1. The number of hydrogen-bond acceptors (Lipinski definition) is 5. The van der Waals surface area contributed by atoms with Crippen LogP contribution in [-0.2, 0) is 32.6 Å². The molecular formula is C30H35Cl2N3O5S. The summed E-state index contributed by atoms with van der Waals surface area (Å²) in [6.45, 7) is 1.92. The number of hydrogen-bond donors (Lipinski definition) is 1. The zero-order valence-corrected chi connectivity index (χ0v) is 25.7. The Morgan fingerprint density at radius 1 is 0.976 bits per heavy atom. The molecule has 0 spiro atoms. The highest BCUT2D eigenvalue weighted by molar-refractivity contribution is 7.92. The molecule has 0 saturated heterocycles. The second-order valence-corrected chi connectivity index (χ2v) is 12.3. The van der Waals surface area contributed by atoms with Crippen molar-refractivity contribution >= 4 is 50.7 Å².